The maximum Gasteiger partial charge on any atom is 0.287 e. The van der Waals surface area contributed by atoms with Crippen molar-refractivity contribution < 1.29 is 13.6 Å². The molecule has 2 aliphatic rings. The van der Waals surface area contributed by atoms with Gasteiger partial charge in [-0.25, -0.2) is 0 Å². The predicted molar refractivity (Wildman–Crippen MR) is 89.7 cm³/mol. The molecular weight excluding hydrogens is 304 g/mol. The van der Waals surface area contributed by atoms with Crippen LogP contribution in [0.2, 0.25) is 0 Å². The molecule has 2 bridgehead atoms. The molecule has 2 N–H and O–H groups in total. The summed E-state index contributed by atoms with van der Waals surface area (Å²) in [5, 5.41) is 7.63. The second kappa shape index (κ2) is 5.24. The van der Waals surface area contributed by atoms with Crippen molar-refractivity contribution in [2.75, 3.05) is 0 Å². The first kappa shape index (κ1) is 13.9. The number of fused-ring (bicyclic) bond motifs is 3. The fraction of sp³-hybridized carbons (Fsp3) is 0.316. The van der Waals surface area contributed by atoms with E-state index in [-0.39, 0.29) is 11.9 Å². The molecule has 0 saturated carbocycles. The molecule has 0 radical (unpaired) electrons. The van der Waals surface area contributed by atoms with Gasteiger partial charge in [-0.05, 0) is 43.5 Å². The molecule has 2 aliphatic heterocycles. The fourth-order valence-electron chi connectivity index (χ4n) is 3.92. The second-order valence-corrected chi connectivity index (χ2v) is 6.68. The summed E-state index contributed by atoms with van der Waals surface area (Å²) in [6.45, 7) is 0. The SMILES string of the molecule is O=C(NC1CC2CCC1N2)c1ccc(-c2cc3ccccc3o2)o1. The first-order chi connectivity index (χ1) is 11.8. The maximum atomic E-state index is 12.4. The highest BCUT2D eigenvalue weighted by Gasteiger charge is 2.40. The van der Waals surface area contributed by atoms with Gasteiger partial charge in [-0.1, -0.05) is 18.2 Å². The van der Waals surface area contributed by atoms with Crippen LogP contribution < -0.4 is 10.6 Å². The number of hydrogen-bond acceptors (Lipinski definition) is 4. The quantitative estimate of drug-likeness (QED) is 0.776. The van der Waals surface area contributed by atoms with Gasteiger partial charge in [0.1, 0.15) is 5.58 Å². The molecule has 3 atom stereocenters. The summed E-state index contributed by atoms with van der Waals surface area (Å²) in [5.74, 6) is 1.38. The average molecular weight is 322 g/mol. The van der Waals surface area contributed by atoms with E-state index in [1.807, 2.05) is 30.3 Å². The zero-order chi connectivity index (χ0) is 16.1. The monoisotopic (exact) mass is 322 g/mol. The number of amides is 1. The minimum atomic E-state index is -0.156. The molecule has 5 rings (SSSR count). The topological polar surface area (TPSA) is 67.4 Å². The van der Waals surface area contributed by atoms with Crippen molar-refractivity contribution in [2.24, 2.45) is 0 Å². The van der Waals surface area contributed by atoms with E-state index >= 15 is 0 Å². The fourth-order valence-corrected chi connectivity index (χ4v) is 3.92. The second-order valence-electron chi connectivity index (χ2n) is 6.68. The standard InChI is InChI=1S/C19H18N2O3/c22-19(21-14-10-12-5-6-13(14)20-12)17-8-7-16(24-17)18-9-11-3-1-2-4-15(11)23-18/h1-4,7-9,12-14,20H,5-6,10H2,(H,21,22). The average Bonchev–Trinajstić information content (AvgIpc) is 3.35. The number of hydrogen-bond donors (Lipinski definition) is 2. The van der Waals surface area contributed by atoms with Crippen molar-refractivity contribution in [3.63, 3.8) is 0 Å². The summed E-state index contributed by atoms with van der Waals surface area (Å²) in [7, 11) is 0. The van der Waals surface area contributed by atoms with Crippen LogP contribution in [0.3, 0.4) is 0 Å². The molecule has 5 heteroatoms. The Morgan fingerprint density at radius 3 is 2.79 bits per heavy atom. The van der Waals surface area contributed by atoms with Gasteiger partial charge >= 0.3 is 0 Å². The molecule has 0 aliphatic carbocycles. The first-order valence-electron chi connectivity index (χ1n) is 8.42. The van der Waals surface area contributed by atoms with Gasteiger partial charge in [0.2, 0.25) is 0 Å². The van der Waals surface area contributed by atoms with Gasteiger partial charge in [0, 0.05) is 23.5 Å². The van der Waals surface area contributed by atoms with Crippen LogP contribution in [0.15, 0.2) is 51.3 Å². The van der Waals surface area contributed by atoms with Gasteiger partial charge < -0.3 is 19.5 Å². The number of benzene rings is 1. The highest BCUT2D eigenvalue weighted by Crippen LogP contribution is 2.30. The van der Waals surface area contributed by atoms with Crippen LogP contribution >= 0.6 is 0 Å². The molecule has 3 aromatic rings. The van der Waals surface area contributed by atoms with Gasteiger partial charge in [-0.15, -0.1) is 0 Å². The van der Waals surface area contributed by atoms with Crippen LogP contribution in [0.1, 0.15) is 29.8 Å². The Morgan fingerprint density at radius 2 is 2.00 bits per heavy atom. The third-order valence-corrected chi connectivity index (χ3v) is 5.11. The van der Waals surface area contributed by atoms with E-state index < -0.39 is 0 Å². The Kier molecular flexibility index (Phi) is 3.03. The lowest BCUT2D eigenvalue weighted by molar-refractivity contribution is 0.0903. The third kappa shape index (κ3) is 2.24. The lowest BCUT2D eigenvalue weighted by atomic mass is 9.95. The Bertz CT molecular complexity index is 877. The van der Waals surface area contributed by atoms with Crippen LogP contribution in [-0.2, 0) is 0 Å². The molecule has 2 fully saturated rings. The van der Waals surface area contributed by atoms with Crippen molar-refractivity contribution in [3.8, 4) is 11.5 Å². The molecule has 1 aromatic carbocycles. The Balaban J connectivity index is 1.35. The summed E-state index contributed by atoms with van der Waals surface area (Å²) >= 11 is 0. The normalized spacial score (nSPS) is 25.4. The summed E-state index contributed by atoms with van der Waals surface area (Å²) < 4.78 is 11.5. The van der Waals surface area contributed by atoms with Crippen molar-refractivity contribution in [3.05, 3.63) is 48.2 Å². The highest BCUT2D eigenvalue weighted by molar-refractivity contribution is 5.92. The Labute approximate surface area is 139 Å². The summed E-state index contributed by atoms with van der Waals surface area (Å²) in [6, 6.07) is 14.4. The number of nitrogens with one attached hydrogen (secondary N) is 2. The van der Waals surface area contributed by atoms with Gasteiger partial charge in [0.25, 0.3) is 5.91 Å². The van der Waals surface area contributed by atoms with Crippen LogP contribution in [0.25, 0.3) is 22.5 Å². The minimum absolute atomic E-state index is 0.156. The summed E-state index contributed by atoms with van der Waals surface area (Å²) in [4.78, 5) is 12.4. The van der Waals surface area contributed by atoms with Crippen LogP contribution in [-0.4, -0.2) is 24.0 Å². The summed E-state index contributed by atoms with van der Waals surface area (Å²) in [6.07, 6.45) is 3.36. The molecule has 3 unspecified atom stereocenters. The molecule has 122 valence electrons. The van der Waals surface area contributed by atoms with Crippen LogP contribution in [0.5, 0.6) is 0 Å². The Morgan fingerprint density at radius 1 is 1.08 bits per heavy atom. The van der Waals surface area contributed by atoms with Crippen LogP contribution in [0, 0.1) is 0 Å². The molecule has 0 spiro atoms. The van der Waals surface area contributed by atoms with Gasteiger partial charge in [0.05, 0.1) is 0 Å². The highest BCUT2D eigenvalue weighted by atomic mass is 16.4. The number of rotatable bonds is 3. The van der Waals surface area contributed by atoms with Crippen LogP contribution in [0.4, 0.5) is 0 Å². The van der Waals surface area contributed by atoms with Crippen molar-refractivity contribution in [1.29, 1.82) is 0 Å². The maximum absolute atomic E-state index is 12.4. The molecular formula is C19H18N2O3. The summed E-state index contributed by atoms with van der Waals surface area (Å²) in [5.41, 5.74) is 0.808. The van der Waals surface area contributed by atoms with E-state index in [1.165, 1.54) is 6.42 Å². The number of furan rings is 2. The third-order valence-electron chi connectivity index (χ3n) is 5.11. The van der Waals surface area contributed by atoms with Gasteiger partial charge in [0.15, 0.2) is 17.3 Å². The molecule has 5 nitrogen and oxygen atoms in total. The lowest BCUT2D eigenvalue weighted by Gasteiger charge is -2.20. The van der Waals surface area contributed by atoms with E-state index in [2.05, 4.69) is 10.6 Å². The van der Waals surface area contributed by atoms with Crippen molar-refractivity contribution >= 4 is 16.9 Å². The smallest absolute Gasteiger partial charge is 0.287 e. The van der Waals surface area contributed by atoms with Gasteiger partial charge in [-0.2, -0.15) is 0 Å². The van der Waals surface area contributed by atoms with Crippen molar-refractivity contribution in [1.82, 2.24) is 10.6 Å². The van der Waals surface area contributed by atoms with Gasteiger partial charge in [-0.3, -0.25) is 4.79 Å². The van der Waals surface area contributed by atoms with E-state index in [0.717, 1.165) is 23.8 Å². The molecule has 4 heterocycles. The largest absolute Gasteiger partial charge is 0.453 e. The Hall–Kier alpha value is -2.53. The number of para-hydroxylation sites is 1. The van der Waals surface area contributed by atoms with Crippen molar-refractivity contribution in [2.45, 2.75) is 37.4 Å². The van der Waals surface area contributed by atoms with E-state index in [4.69, 9.17) is 8.83 Å². The molecule has 2 aromatic heterocycles. The lowest BCUT2D eigenvalue weighted by Crippen LogP contribution is -2.42. The number of carbonyl (C=O) groups excluding carboxylic acids is 1. The van der Waals surface area contributed by atoms with E-state index in [9.17, 15) is 4.79 Å². The zero-order valence-corrected chi connectivity index (χ0v) is 13.1. The van der Waals surface area contributed by atoms with E-state index in [0.29, 0.717) is 29.4 Å². The first-order valence-corrected chi connectivity index (χ1v) is 8.42. The van der Waals surface area contributed by atoms with E-state index in [1.54, 1.807) is 12.1 Å². The zero-order valence-electron chi connectivity index (χ0n) is 13.1. The number of carbonyl (C=O) groups is 1. The predicted octanol–water partition coefficient (Wildman–Crippen LogP) is 3.32. The molecule has 24 heavy (non-hydrogen) atoms. The molecule has 1 amide bonds. The molecule has 2 saturated heterocycles. The minimum Gasteiger partial charge on any atom is -0.453 e.